The Morgan fingerprint density at radius 2 is 1.11 bits per heavy atom. The lowest BCUT2D eigenvalue weighted by atomic mass is 10.00. The second kappa shape index (κ2) is 19.0. The van der Waals surface area contributed by atoms with Gasteiger partial charge in [-0.15, -0.1) is 20.5 Å². The summed E-state index contributed by atoms with van der Waals surface area (Å²) in [5.74, 6) is -0.170. The van der Waals surface area contributed by atoms with Crippen LogP contribution < -0.4 is 10.6 Å². The number of nitrogens with one attached hydrogen (secondary N) is 2. The van der Waals surface area contributed by atoms with Crippen LogP contribution in [-0.2, 0) is 40.5 Å². The molecule has 0 aliphatic carbocycles. The van der Waals surface area contributed by atoms with Gasteiger partial charge in [-0.25, -0.2) is 4.98 Å². The molecule has 27 heteroatoms. The van der Waals surface area contributed by atoms with Gasteiger partial charge in [0.2, 0.25) is 0 Å². The number of halogens is 1. The highest BCUT2D eigenvalue weighted by atomic mass is 35.5. The zero-order valence-corrected chi connectivity index (χ0v) is 40.4. The average Bonchev–Trinajstić information content (AvgIpc) is 3.66. The predicted octanol–water partition coefficient (Wildman–Crippen LogP) is 11.1. The molecule has 2 heterocycles. The van der Waals surface area contributed by atoms with Crippen LogP contribution in [0.15, 0.2) is 155 Å². The van der Waals surface area contributed by atoms with E-state index in [1.807, 2.05) is 24.3 Å². The van der Waals surface area contributed by atoms with Crippen molar-refractivity contribution in [1.82, 2.24) is 4.98 Å². The van der Waals surface area contributed by atoms with Crippen molar-refractivity contribution in [3.05, 3.63) is 137 Å². The lowest BCUT2D eigenvalue weighted by Gasteiger charge is -2.16. The topological polar surface area (TPSA) is 351 Å². The zero-order valence-electron chi connectivity index (χ0n) is 35.6. The van der Waals surface area contributed by atoms with Gasteiger partial charge in [0.05, 0.1) is 21.0 Å². The highest BCUT2D eigenvalue weighted by molar-refractivity contribution is 7.86. The van der Waals surface area contributed by atoms with E-state index in [1.165, 1.54) is 31.2 Å². The standard InChI is InChI=1S/C44H28ClN9O12S5/c1-23-35(21-46)41(48-28-8-12-31(13-9-28)68(55,56)57)50-42(49-29-10-14-32(15-11-29)69(58,59)60)40(23)52-53-43-36(22-47)39(26-7-6-24-4-2-3-5-25(24)16-26)44(67-43)54-51-30-19-34-33(38(20-30)71(64,65)66)17-27(45)18-37(34)70(61,62)63/h2-20H,1H3,(H2,48,49,50)(H,55,56,57)(H,58,59,60)(H,61,62,63)(H,64,65,66)/b53-52+,54-51+. The third-order valence-electron chi connectivity index (χ3n) is 10.4. The van der Waals surface area contributed by atoms with Crippen molar-refractivity contribution >= 4 is 129 Å². The molecule has 0 aliphatic rings. The molecule has 0 bridgehead atoms. The Kier molecular flexibility index (Phi) is 13.3. The minimum atomic E-state index is -5.09. The van der Waals surface area contributed by atoms with Crippen LogP contribution in [0.3, 0.4) is 0 Å². The number of hydrogen-bond acceptors (Lipinski definition) is 18. The summed E-state index contributed by atoms with van der Waals surface area (Å²) >= 11 is 6.86. The number of anilines is 4. The Bertz CT molecular complexity index is 4160. The van der Waals surface area contributed by atoms with Gasteiger partial charge in [0.25, 0.3) is 40.5 Å². The largest absolute Gasteiger partial charge is 0.339 e. The maximum absolute atomic E-state index is 12.6. The summed E-state index contributed by atoms with van der Waals surface area (Å²) in [7, 11) is -19.2. The molecule has 0 aliphatic heterocycles. The molecule has 8 aromatic rings. The molecule has 2 aromatic heterocycles. The molecule has 8 rings (SSSR count). The lowest BCUT2D eigenvalue weighted by molar-refractivity contribution is 0.481. The van der Waals surface area contributed by atoms with E-state index in [0.717, 1.165) is 70.6 Å². The molecule has 0 amide bonds. The SMILES string of the molecule is Cc1c(C#N)c(Nc2ccc(S(=O)(=O)O)cc2)nc(Nc2ccc(S(=O)(=O)O)cc2)c1/N=N/c1sc(/N=N/c2cc(S(=O)(=O)O)c3cc(Cl)cc(S(=O)(=O)O)c3c2)c(-c2ccc3ccccc3c2)c1C#N. The number of nitrogens with zero attached hydrogens (tertiary/aromatic N) is 7. The van der Waals surface area contributed by atoms with Gasteiger partial charge in [-0.2, -0.15) is 44.2 Å². The van der Waals surface area contributed by atoms with Crippen LogP contribution in [0.25, 0.3) is 32.7 Å². The second-order valence-corrected chi connectivity index (χ2v) is 22.0. The average molecular weight is 1070 g/mol. The van der Waals surface area contributed by atoms with E-state index in [9.17, 15) is 62.4 Å². The fourth-order valence-electron chi connectivity index (χ4n) is 7.12. The van der Waals surface area contributed by atoms with Crippen molar-refractivity contribution in [2.24, 2.45) is 20.5 Å². The monoisotopic (exact) mass is 1070 g/mol. The summed E-state index contributed by atoms with van der Waals surface area (Å²) in [6.07, 6.45) is 0. The van der Waals surface area contributed by atoms with E-state index in [0.29, 0.717) is 5.56 Å². The summed E-state index contributed by atoms with van der Waals surface area (Å²) in [6.45, 7) is 1.50. The van der Waals surface area contributed by atoms with Crippen LogP contribution in [0, 0.1) is 29.6 Å². The highest BCUT2D eigenvalue weighted by Gasteiger charge is 2.25. The highest BCUT2D eigenvalue weighted by Crippen LogP contribution is 2.49. The van der Waals surface area contributed by atoms with Gasteiger partial charge < -0.3 is 10.6 Å². The summed E-state index contributed by atoms with van der Waals surface area (Å²) in [6, 6.07) is 30.3. The van der Waals surface area contributed by atoms with Gasteiger partial charge in [0.15, 0.2) is 16.6 Å². The molecule has 6 aromatic carbocycles. The van der Waals surface area contributed by atoms with E-state index < -0.39 is 60.1 Å². The molecule has 0 saturated carbocycles. The summed E-state index contributed by atoms with van der Waals surface area (Å²) in [5, 5.41) is 45.0. The number of azo groups is 2. The van der Waals surface area contributed by atoms with Crippen molar-refractivity contribution in [2.75, 3.05) is 10.6 Å². The van der Waals surface area contributed by atoms with Crippen LogP contribution >= 0.6 is 22.9 Å². The maximum Gasteiger partial charge on any atom is 0.295 e. The number of aromatic nitrogens is 1. The minimum Gasteiger partial charge on any atom is -0.339 e. The Balaban J connectivity index is 1.30. The smallest absolute Gasteiger partial charge is 0.295 e. The first-order valence-corrected chi connectivity index (χ1v) is 26.6. The van der Waals surface area contributed by atoms with Crippen molar-refractivity contribution in [1.29, 1.82) is 10.5 Å². The third-order valence-corrected chi connectivity index (χ3v) is 15.1. The molecule has 0 atom stereocenters. The van der Waals surface area contributed by atoms with Crippen LogP contribution in [0.4, 0.5) is 44.4 Å². The normalized spacial score (nSPS) is 12.4. The van der Waals surface area contributed by atoms with E-state index in [4.69, 9.17) is 11.6 Å². The number of hydrogen-bond donors (Lipinski definition) is 6. The number of pyridine rings is 1. The van der Waals surface area contributed by atoms with Crippen LogP contribution in [-0.4, -0.2) is 56.9 Å². The number of rotatable bonds is 13. The maximum atomic E-state index is 12.6. The van der Waals surface area contributed by atoms with Crippen molar-refractivity contribution in [3.63, 3.8) is 0 Å². The number of benzene rings is 6. The molecule has 71 heavy (non-hydrogen) atoms. The number of fused-ring (bicyclic) bond motifs is 2. The van der Waals surface area contributed by atoms with E-state index in [1.54, 1.807) is 24.3 Å². The molecule has 0 fully saturated rings. The zero-order chi connectivity index (χ0) is 51.2. The summed E-state index contributed by atoms with van der Waals surface area (Å²) in [4.78, 5) is 2.13. The third kappa shape index (κ3) is 10.6. The Morgan fingerprint density at radius 3 is 1.68 bits per heavy atom. The fraction of sp³-hybridized carbons (Fsp3) is 0.0227. The molecule has 0 spiro atoms. The second-order valence-electron chi connectivity index (χ2n) is 14.9. The van der Waals surface area contributed by atoms with E-state index in [-0.39, 0.29) is 82.4 Å². The van der Waals surface area contributed by atoms with Crippen LogP contribution in [0.1, 0.15) is 16.7 Å². The molecule has 21 nitrogen and oxygen atoms in total. The number of nitriles is 2. The molecule has 0 unspecified atom stereocenters. The molecular weight excluding hydrogens is 1040 g/mol. The minimum absolute atomic E-state index is 0.00482. The number of thiophene rings is 1. The quantitative estimate of drug-likeness (QED) is 0.0461. The first-order valence-electron chi connectivity index (χ1n) is 19.7. The predicted molar refractivity (Wildman–Crippen MR) is 262 cm³/mol. The first kappa shape index (κ1) is 49.8. The van der Waals surface area contributed by atoms with Crippen LogP contribution in [0.5, 0.6) is 0 Å². The van der Waals surface area contributed by atoms with E-state index >= 15 is 0 Å². The Morgan fingerprint density at radius 1 is 0.577 bits per heavy atom. The fourth-order valence-corrected chi connectivity index (χ4v) is 10.7. The lowest BCUT2D eigenvalue weighted by Crippen LogP contribution is -2.05. The van der Waals surface area contributed by atoms with Crippen LogP contribution in [0.2, 0.25) is 5.02 Å². The molecule has 6 N–H and O–H groups in total. The van der Waals surface area contributed by atoms with Gasteiger partial charge in [-0.1, -0.05) is 59.3 Å². The van der Waals surface area contributed by atoms with Gasteiger partial charge in [-0.05, 0) is 102 Å². The van der Waals surface area contributed by atoms with Gasteiger partial charge >= 0.3 is 0 Å². The van der Waals surface area contributed by atoms with Gasteiger partial charge in [0.1, 0.15) is 38.2 Å². The Labute approximate surface area is 412 Å². The Hall–Kier alpha value is -7.60. The van der Waals surface area contributed by atoms with Gasteiger partial charge in [0, 0.05) is 38.3 Å². The van der Waals surface area contributed by atoms with Crippen molar-refractivity contribution in [2.45, 2.75) is 26.5 Å². The first-order chi connectivity index (χ1) is 33.4. The summed E-state index contributed by atoms with van der Waals surface area (Å²) in [5.41, 5.74) is 0.635. The van der Waals surface area contributed by atoms with Crippen molar-refractivity contribution < 1.29 is 51.9 Å². The summed E-state index contributed by atoms with van der Waals surface area (Å²) < 4.78 is 136. The van der Waals surface area contributed by atoms with E-state index in [2.05, 4.69) is 42.1 Å². The molecule has 358 valence electrons. The molecular formula is C44H28ClN9O12S5. The van der Waals surface area contributed by atoms with Gasteiger partial charge in [-0.3, -0.25) is 18.2 Å². The molecule has 0 saturated heterocycles. The molecule has 0 radical (unpaired) electrons. The van der Waals surface area contributed by atoms with Crippen molar-refractivity contribution in [3.8, 4) is 23.3 Å².